The Kier molecular flexibility index (Phi) is 7.12. The minimum Gasteiger partial charge on any atom is -0.497 e. The molecule has 3 fully saturated rings. The smallest absolute Gasteiger partial charge is 0.411 e. The first-order valence-electron chi connectivity index (χ1n) is 11.2. The van der Waals surface area contributed by atoms with Gasteiger partial charge in [-0.15, -0.1) is 0 Å². The molecule has 0 bridgehead atoms. The molecule has 0 N–H and O–H groups in total. The summed E-state index contributed by atoms with van der Waals surface area (Å²) in [5.74, 6) is 0.788. The van der Waals surface area contributed by atoms with Crippen LogP contribution in [0, 0.1) is 0 Å². The molecule has 0 spiro atoms. The van der Waals surface area contributed by atoms with Crippen LogP contribution in [0.25, 0.3) is 0 Å². The fraction of sp³-hybridized carbons (Fsp3) is 0.458. The van der Waals surface area contributed by atoms with Gasteiger partial charge in [-0.3, -0.25) is 13.3 Å². The van der Waals surface area contributed by atoms with E-state index in [1.165, 1.54) is 0 Å². The molecule has 0 saturated carbocycles. The van der Waals surface area contributed by atoms with Gasteiger partial charge >= 0.3 is 17.5 Å². The summed E-state index contributed by atoms with van der Waals surface area (Å²) in [7, 11) is 1.62. The molecule has 3 saturated heterocycles. The standard InChI is InChI=1S/C24H27NO8S/c1-28-18-9-7-17(8-10-18)13-29-12-11-20-21-23-22(32-34(27)33-23)19(25(21)24(26)31-20)15-30-14-16-5-3-2-4-6-16/h2-10,19-23H,11-15H2,1H3/t19-,20-,21-,22-,23+,34?/m1/s1. The zero-order chi connectivity index (χ0) is 23.5. The molecule has 0 aliphatic carbocycles. The number of rotatable bonds is 10. The number of ether oxygens (including phenoxy) is 4. The summed E-state index contributed by atoms with van der Waals surface area (Å²) in [6, 6.07) is 16.6. The maximum absolute atomic E-state index is 12.7. The average molecular weight is 490 g/mol. The number of hydrogen-bond donors (Lipinski definition) is 0. The number of fused-ring (bicyclic) bond motifs is 3. The van der Waals surface area contributed by atoms with E-state index in [-0.39, 0.29) is 6.61 Å². The molecule has 10 heteroatoms. The zero-order valence-electron chi connectivity index (χ0n) is 18.7. The van der Waals surface area contributed by atoms with Crippen molar-refractivity contribution in [3.8, 4) is 5.75 Å². The lowest BCUT2D eigenvalue weighted by molar-refractivity contribution is 0.0339. The van der Waals surface area contributed by atoms with E-state index in [2.05, 4.69) is 0 Å². The number of methoxy groups -OCH3 is 1. The molecule has 182 valence electrons. The lowest BCUT2D eigenvalue weighted by Crippen LogP contribution is -2.43. The number of amides is 1. The molecule has 5 rings (SSSR count). The molecule has 1 unspecified atom stereocenters. The highest BCUT2D eigenvalue weighted by atomic mass is 32.2. The molecule has 9 nitrogen and oxygen atoms in total. The van der Waals surface area contributed by atoms with Gasteiger partial charge in [0, 0.05) is 6.42 Å². The van der Waals surface area contributed by atoms with E-state index < -0.39 is 47.9 Å². The van der Waals surface area contributed by atoms with Gasteiger partial charge in [0.1, 0.15) is 30.1 Å². The molecule has 3 aliphatic rings. The number of benzene rings is 2. The Morgan fingerprint density at radius 1 is 0.941 bits per heavy atom. The second-order valence-electron chi connectivity index (χ2n) is 8.40. The third-order valence-corrected chi connectivity index (χ3v) is 7.07. The maximum atomic E-state index is 12.7. The van der Waals surface area contributed by atoms with Gasteiger partial charge in [-0.1, -0.05) is 42.5 Å². The van der Waals surface area contributed by atoms with E-state index in [1.54, 1.807) is 12.0 Å². The predicted molar refractivity (Wildman–Crippen MR) is 121 cm³/mol. The molecular formula is C24H27NO8S. The van der Waals surface area contributed by atoms with Crippen LogP contribution in [-0.2, 0) is 47.2 Å². The van der Waals surface area contributed by atoms with Crippen molar-refractivity contribution in [2.24, 2.45) is 0 Å². The lowest BCUT2D eigenvalue weighted by atomic mass is 10.0. The Hall–Kier alpha value is -2.50. The molecule has 34 heavy (non-hydrogen) atoms. The Balaban J connectivity index is 1.18. The second kappa shape index (κ2) is 10.4. The van der Waals surface area contributed by atoms with Crippen molar-refractivity contribution in [1.82, 2.24) is 4.90 Å². The highest BCUT2D eigenvalue weighted by Gasteiger charge is 2.64. The van der Waals surface area contributed by atoms with Crippen molar-refractivity contribution in [1.29, 1.82) is 0 Å². The van der Waals surface area contributed by atoms with E-state index in [0.29, 0.717) is 26.2 Å². The van der Waals surface area contributed by atoms with E-state index in [0.717, 1.165) is 16.9 Å². The van der Waals surface area contributed by atoms with Crippen molar-refractivity contribution < 1.29 is 36.3 Å². The van der Waals surface area contributed by atoms with E-state index in [4.69, 9.17) is 27.3 Å². The van der Waals surface area contributed by atoms with Gasteiger partial charge in [0.05, 0.1) is 39.6 Å². The summed E-state index contributed by atoms with van der Waals surface area (Å²) in [6.45, 7) is 1.45. The minimum absolute atomic E-state index is 0.225. The predicted octanol–water partition coefficient (Wildman–Crippen LogP) is 2.75. The summed E-state index contributed by atoms with van der Waals surface area (Å²) in [4.78, 5) is 14.4. The van der Waals surface area contributed by atoms with Crippen LogP contribution in [-0.4, -0.2) is 65.9 Å². The summed E-state index contributed by atoms with van der Waals surface area (Å²) >= 11 is -1.86. The largest absolute Gasteiger partial charge is 0.497 e. The monoisotopic (exact) mass is 489 g/mol. The number of cyclic esters (lactones) is 1. The Morgan fingerprint density at radius 3 is 2.41 bits per heavy atom. The van der Waals surface area contributed by atoms with Crippen LogP contribution in [0.3, 0.4) is 0 Å². The molecule has 1 amide bonds. The number of carbonyl (C=O) groups is 1. The fourth-order valence-corrected chi connectivity index (χ4v) is 5.55. The maximum Gasteiger partial charge on any atom is 0.411 e. The molecule has 0 aromatic heterocycles. The highest BCUT2D eigenvalue weighted by Crippen LogP contribution is 2.42. The SMILES string of the molecule is COc1ccc(COCC[C@H]2OC(=O)N3[C@H]2[C@@H]2OS(=O)O[C@@H]2[C@H]3COCc2ccccc2)cc1. The van der Waals surface area contributed by atoms with Crippen LogP contribution in [0.4, 0.5) is 4.79 Å². The average Bonchev–Trinajstić information content (AvgIpc) is 3.48. The van der Waals surface area contributed by atoms with Crippen molar-refractivity contribution in [3.05, 3.63) is 65.7 Å². The second-order valence-corrected chi connectivity index (χ2v) is 9.20. The van der Waals surface area contributed by atoms with Crippen molar-refractivity contribution >= 4 is 17.5 Å². The van der Waals surface area contributed by atoms with Gasteiger partial charge < -0.3 is 18.9 Å². The normalized spacial score (nSPS) is 29.7. The number of nitrogens with zero attached hydrogens (tertiary/aromatic N) is 1. The van der Waals surface area contributed by atoms with Gasteiger partial charge in [0.15, 0.2) is 0 Å². The van der Waals surface area contributed by atoms with Gasteiger partial charge in [-0.2, -0.15) is 4.21 Å². The van der Waals surface area contributed by atoms with Crippen LogP contribution in [0.1, 0.15) is 17.5 Å². The molecule has 0 radical (unpaired) electrons. The van der Waals surface area contributed by atoms with Gasteiger partial charge in [-0.25, -0.2) is 4.79 Å². The summed E-state index contributed by atoms with van der Waals surface area (Å²) in [5, 5.41) is 0. The van der Waals surface area contributed by atoms with Crippen molar-refractivity contribution in [2.75, 3.05) is 20.3 Å². The highest BCUT2D eigenvalue weighted by molar-refractivity contribution is 7.75. The first kappa shape index (κ1) is 23.3. The van der Waals surface area contributed by atoms with Crippen molar-refractivity contribution in [3.63, 3.8) is 0 Å². The Bertz CT molecular complexity index is 1000. The quantitative estimate of drug-likeness (QED) is 0.471. The molecule has 6 atom stereocenters. The van der Waals surface area contributed by atoms with Crippen LogP contribution in [0.2, 0.25) is 0 Å². The molecule has 3 heterocycles. The van der Waals surface area contributed by atoms with Gasteiger partial charge in [-0.05, 0) is 23.3 Å². The first-order valence-corrected chi connectivity index (χ1v) is 12.2. The first-order chi connectivity index (χ1) is 16.6. The zero-order valence-corrected chi connectivity index (χ0v) is 19.6. The molecule has 2 aromatic carbocycles. The van der Waals surface area contributed by atoms with E-state index in [9.17, 15) is 9.00 Å². The van der Waals surface area contributed by atoms with Gasteiger partial charge in [0.2, 0.25) is 0 Å². The molecular weight excluding hydrogens is 462 g/mol. The lowest BCUT2D eigenvalue weighted by Gasteiger charge is -2.24. The summed E-state index contributed by atoms with van der Waals surface area (Å²) in [6.07, 6.45) is -1.47. The Labute approximate surface area is 200 Å². The third kappa shape index (κ3) is 4.82. The van der Waals surface area contributed by atoms with E-state index in [1.807, 2.05) is 54.6 Å². The summed E-state index contributed by atoms with van der Waals surface area (Å²) < 4.78 is 45.5. The topological polar surface area (TPSA) is 92.8 Å². The van der Waals surface area contributed by atoms with Crippen LogP contribution < -0.4 is 4.74 Å². The minimum atomic E-state index is -1.86. The summed E-state index contributed by atoms with van der Waals surface area (Å²) in [5.41, 5.74) is 2.04. The van der Waals surface area contributed by atoms with Crippen LogP contribution >= 0.6 is 0 Å². The Morgan fingerprint density at radius 2 is 1.65 bits per heavy atom. The van der Waals surface area contributed by atoms with Crippen molar-refractivity contribution in [2.45, 2.75) is 50.0 Å². The van der Waals surface area contributed by atoms with Crippen LogP contribution in [0.5, 0.6) is 5.75 Å². The fourth-order valence-electron chi connectivity index (χ4n) is 4.68. The van der Waals surface area contributed by atoms with Crippen LogP contribution in [0.15, 0.2) is 54.6 Å². The van der Waals surface area contributed by atoms with E-state index >= 15 is 0 Å². The number of carbonyl (C=O) groups excluding carboxylic acids is 1. The third-order valence-electron chi connectivity index (χ3n) is 6.32. The molecule has 2 aromatic rings. The van der Waals surface area contributed by atoms with Gasteiger partial charge in [0.25, 0.3) is 0 Å². The number of hydrogen-bond acceptors (Lipinski definition) is 8. The molecule has 3 aliphatic heterocycles.